The topological polar surface area (TPSA) is 26.3 Å². The molecule has 1 atom stereocenters. The molecule has 0 bridgehead atoms. The lowest BCUT2D eigenvalue weighted by atomic mass is 10.0. The third kappa shape index (κ3) is 1.38. The fraction of sp³-hybridized carbons (Fsp3) is 0.625. The minimum atomic E-state index is -0.138. The number of cyclic esters (lactones) is 1. The summed E-state index contributed by atoms with van der Waals surface area (Å²) in [6.07, 6.45) is 3.77. The van der Waals surface area contributed by atoms with Gasteiger partial charge in [0.1, 0.15) is 0 Å². The standard InChI is InChI=1S/C8H12O2/c1-3-7-5-4-6(2)10-8(7)9/h3,6H,4-5H2,1-2H3/b7-3+. The van der Waals surface area contributed by atoms with Crippen LogP contribution in [0.5, 0.6) is 0 Å². The van der Waals surface area contributed by atoms with Crippen molar-refractivity contribution in [3.8, 4) is 0 Å². The first kappa shape index (κ1) is 7.32. The molecule has 10 heavy (non-hydrogen) atoms. The van der Waals surface area contributed by atoms with Gasteiger partial charge in [-0.15, -0.1) is 0 Å². The van der Waals surface area contributed by atoms with Crippen LogP contribution < -0.4 is 0 Å². The molecule has 1 saturated heterocycles. The summed E-state index contributed by atoms with van der Waals surface area (Å²) in [4.78, 5) is 10.9. The van der Waals surface area contributed by atoms with Crippen LogP contribution in [0.15, 0.2) is 11.6 Å². The lowest BCUT2D eigenvalue weighted by Gasteiger charge is -2.19. The molecule has 0 aromatic carbocycles. The van der Waals surface area contributed by atoms with Gasteiger partial charge in [0.2, 0.25) is 0 Å². The molecule has 1 unspecified atom stereocenters. The highest BCUT2D eigenvalue weighted by molar-refractivity contribution is 5.89. The molecule has 1 fully saturated rings. The minimum Gasteiger partial charge on any atom is -0.459 e. The van der Waals surface area contributed by atoms with Crippen LogP contribution in [0, 0.1) is 0 Å². The van der Waals surface area contributed by atoms with Gasteiger partial charge in [-0.1, -0.05) is 6.08 Å². The Hall–Kier alpha value is -0.790. The van der Waals surface area contributed by atoms with E-state index in [1.165, 1.54) is 0 Å². The van der Waals surface area contributed by atoms with Crippen molar-refractivity contribution in [2.24, 2.45) is 0 Å². The molecule has 1 heterocycles. The predicted molar refractivity (Wildman–Crippen MR) is 38.5 cm³/mol. The van der Waals surface area contributed by atoms with Gasteiger partial charge in [0.25, 0.3) is 0 Å². The third-order valence-electron chi connectivity index (χ3n) is 1.74. The Bertz CT molecular complexity index is 170. The molecule has 2 heteroatoms. The average Bonchev–Trinajstić information content (AvgIpc) is 1.88. The maximum atomic E-state index is 10.9. The van der Waals surface area contributed by atoms with Crippen LogP contribution in [0.2, 0.25) is 0 Å². The summed E-state index contributed by atoms with van der Waals surface area (Å²) in [5.74, 6) is -0.138. The number of esters is 1. The van der Waals surface area contributed by atoms with Gasteiger partial charge in [0, 0.05) is 5.57 Å². The molecular formula is C8H12O2. The van der Waals surface area contributed by atoms with Crippen LogP contribution in [0.25, 0.3) is 0 Å². The van der Waals surface area contributed by atoms with E-state index in [0.29, 0.717) is 0 Å². The molecule has 0 radical (unpaired) electrons. The molecule has 2 nitrogen and oxygen atoms in total. The quantitative estimate of drug-likeness (QED) is 0.378. The van der Waals surface area contributed by atoms with E-state index in [2.05, 4.69) is 0 Å². The van der Waals surface area contributed by atoms with Crippen molar-refractivity contribution in [3.05, 3.63) is 11.6 Å². The second-order valence-electron chi connectivity index (χ2n) is 2.57. The van der Waals surface area contributed by atoms with Crippen molar-refractivity contribution >= 4 is 5.97 Å². The van der Waals surface area contributed by atoms with Crippen molar-refractivity contribution < 1.29 is 9.53 Å². The fourth-order valence-corrected chi connectivity index (χ4v) is 1.04. The first-order valence-corrected chi connectivity index (χ1v) is 3.60. The van der Waals surface area contributed by atoms with E-state index in [1.54, 1.807) is 0 Å². The van der Waals surface area contributed by atoms with Gasteiger partial charge < -0.3 is 4.74 Å². The Labute approximate surface area is 60.9 Å². The molecule has 1 aliphatic rings. The van der Waals surface area contributed by atoms with Gasteiger partial charge in [0.15, 0.2) is 0 Å². The zero-order valence-electron chi connectivity index (χ0n) is 6.39. The number of hydrogen-bond donors (Lipinski definition) is 0. The van der Waals surface area contributed by atoms with E-state index in [-0.39, 0.29) is 12.1 Å². The third-order valence-corrected chi connectivity index (χ3v) is 1.74. The van der Waals surface area contributed by atoms with Crippen molar-refractivity contribution in [2.75, 3.05) is 0 Å². The van der Waals surface area contributed by atoms with E-state index < -0.39 is 0 Å². The number of rotatable bonds is 0. The van der Waals surface area contributed by atoms with E-state index in [0.717, 1.165) is 18.4 Å². The zero-order valence-corrected chi connectivity index (χ0v) is 6.39. The maximum absolute atomic E-state index is 10.9. The highest BCUT2D eigenvalue weighted by Gasteiger charge is 2.20. The van der Waals surface area contributed by atoms with Gasteiger partial charge >= 0.3 is 5.97 Å². The van der Waals surface area contributed by atoms with Crippen molar-refractivity contribution in [1.29, 1.82) is 0 Å². The number of carbonyl (C=O) groups excluding carboxylic acids is 1. The van der Waals surface area contributed by atoms with E-state index in [4.69, 9.17) is 4.74 Å². The second-order valence-corrected chi connectivity index (χ2v) is 2.57. The summed E-state index contributed by atoms with van der Waals surface area (Å²) < 4.78 is 4.98. The van der Waals surface area contributed by atoms with Crippen LogP contribution in [0.1, 0.15) is 26.7 Å². The van der Waals surface area contributed by atoms with Gasteiger partial charge in [0.05, 0.1) is 6.10 Å². The largest absolute Gasteiger partial charge is 0.459 e. The number of allylic oxidation sites excluding steroid dienone is 1. The van der Waals surface area contributed by atoms with Gasteiger partial charge in [-0.05, 0) is 26.7 Å². The van der Waals surface area contributed by atoms with Gasteiger partial charge in [-0.3, -0.25) is 0 Å². The van der Waals surface area contributed by atoms with Crippen molar-refractivity contribution in [3.63, 3.8) is 0 Å². The van der Waals surface area contributed by atoms with Crippen LogP contribution in [-0.4, -0.2) is 12.1 Å². The minimum absolute atomic E-state index is 0.108. The zero-order chi connectivity index (χ0) is 7.56. The Morgan fingerprint density at radius 3 is 2.90 bits per heavy atom. The summed E-state index contributed by atoms with van der Waals surface area (Å²) in [5.41, 5.74) is 0.818. The normalized spacial score (nSPS) is 30.4. The summed E-state index contributed by atoms with van der Waals surface area (Å²) in [6, 6.07) is 0. The smallest absolute Gasteiger partial charge is 0.333 e. The maximum Gasteiger partial charge on any atom is 0.333 e. The molecule has 0 spiro atoms. The molecule has 56 valence electrons. The number of hydrogen-bond acceptors (Lipinski definition) is 2. The summed E-state index contributed by atoms with van der Waals surface area (Å²) in [7, 11) is 0. The number of ether oxygens (including phenoxy) is 1. The number of carbonyl (C=O) groups is 1. The van der Waals surface area contributed by atoms with Crippen molar-refractivity contribution in [1.82, 2.24) is 0 Å². The molecule has 0 aromatic heterocycles. The molecule has 0 aromatic rings. The Morgan fingerprint density at radius 1 is 1.70 bits per heavy atom. The molecular weight excluding hydrogens is 128 g/mol. The first-order valence-electron chi connectivity index (χ1n) is 3.60. The van der Waals surface area contributed by atoms with E-state index >= 15 is 0 Å². The molecule has 1 aliphatic heterocycles. The van der Waals surface area contributed by atoms with Crippen LogP contribution in [-0.2, 0) is 9.53 Å². The monoisotopic (exact) mass is 140 g/mol. The average molecular weight is 140 g/mol. The second kappa shape index (κ2) is 2.86. The van der Waals surface area contributed by atoms with E-state index in [1.807, 2.05) is 19.9 Å². The molecule has 0 N–H and O–H groups in total. The van der Waals surface area contributed by atoms with Crippen molar-refractivity contribution in [2.45, 2.75) is 32.8 Å². The van der Waals surface area contributed by atoms with Crippen LogP contribution >= 0.6 is 0 Å². The fourth-order valence-electron chi connectivity index (χ4n) is 1.04. The van der Waals surface area contributed by atoms with Gasteiger partial charge in [-0.25, -0.2) is 4.79 Å². The predicted octanol–water partition coefficient (Wildman–Crippen LogP) is 1.66. The highest BCUT2D eigenvalue weighted by Crippen LogP contribution is 2.18. The molecule has 0 saturated carbocycles. The molecule has 1 rings (SSSR count). The summed E-state index contributed by atoms with van der Waals surface area (Å²) >= 11 is 0. The van der Waals surface area contributed by atoms with Crippen LogP contribution in [0.3, 0.4) is 0 Å². The Morgan fingerprint density at radius 2 is 2.40 bits per heavy atom. The first-order chi connectivity index (χ1) is 4.74. The van der Waals surface area contributed by atoms with Crippen LogP contribution in [0.4, 0.5) is 0 Å². The Balaban J connectivity index is 2.61. The highest BCUT2D eigenvalue weighted by atomic mass is 16.5. The van der Waals surface area contributed by atoms with E-state index in [9.17, 15) is 4.79 Å². The summed E-state index contributed by atoms with van der Waals surface area (Å²) in [5, 5.41) is 0. The SMILES string of the molecule is C/C=C1\CCC(C)OC1=O. The lowest BCUT2D eigenvalue weighted by molar-refractivity contribution is -0.146. The lowest BCUT2D eigenvalue weighted by Crippen LogP contribution is -2.22. The molecule has 0 amide bonds. The Kier molecular flexibility index (Phi) is 2.10. The van der Waals surface area contributed by atoms with Gasteiger partial charge in [-0.2, -0.15) is 0 Å². The summed E-state index contributed by atoms with van der Waals surface area (Å²) in [6.45, 7) is 3.79. The molecule has 0 aliphatic carbocycles.